The predicted octanol–water partition coefficient (Wildman–Crippen LogP) is 0.808. The van der Waals surface area contributed by atoms with Crippen LogP contribution in [0.15, 0.2) is 43.1 Å². The van der Waals surface area contributed by atoms with Gasteiger partial charge >= 0.3 is 0 Å². The van der Waals surface area contributed by atoms with Crippen LogP contribution in [-0.4, -0.2) is 35.6 Å². The van der Waals surface area contributed by atoms with E-state index in [0.29, 0.717) is 11.6 Å². The molecule has 0 unspecified atom stereocenters. The summed E-state index contributed by atoms with van der Waals surface area (Å²) >= 11 is 0. The Morgan fingerprint density at radius 2 is 2.00 bits per heavy atom. The lowest BCUT2D eigenvalue weighted by Crippen LogP contribution is -2.14. The molecule has 11 nitrogen and oxygen atoms in total. The maximum atomic E-state index is 11.5. The van der Waals surface area contributed by atoms with Crippen LogP contribution >= 0.6 is 0 Å². The summed E-state index contributed by atoms with van der Waals surface area (Å²) in [6.45, 7) is 0. The highest BCUT2D eigenvalue weighted by Gasteiger charge is 2.17. The van der Waals surface area contributed by atoms with Crippen molar-refractivity contribution in [2.75, 3.05) is 5.32 Å². The number of anilines is 2. The van der Waals surface area contributed by atoms with E-state index in [9.17, 15) is 14.9 Å². The van der Waals surface area contributed by atoms with Crippen LogP contribution in [0.25, 0.3) is 5.95 Å². The number of pyridine rings is 1. The van der Waals surface area contributed by atoms with E-state index < -0.39 is 10.8 Å². The molecule has 0 atom stereocenters. The summed E-state index contributed by atoms with van der Waals surface area (Å²) in [5.41, 5.74) is 5.29. The molecule has 3 N–H and O–H groups in total. The van der Waals surface area contributed by atoms with Gasteiger partial charge in [0, 0.05) is 18.5 Å². The van der Waals surface area contributed by atoms with Gasteiger partial charge in [-0.05, 0) is 6.07 Å². The number of nitro groups is 1. The van der Waals surface area contributed by atoms with E-state index in [2.05, 4.69) is 25.4 Å². The third-order valence-corrected chi connectivity index (χ3v) is 2.95. The number of rotatable bonds is 5. The molecule has 0 aromatic carbocycles. The number of primary amides is 1. The molecular formula is C13H10N8O3. The Bertz CT molecular complexity index is 909. The third-order valence-electron chi connectivity index (χ3n) is 2.95. The van der Waals surface area contributed by atoms with Gasteiger partial charge in [-0.3, -0.25) is 14.9 Å². The molecule has 0 radical (unpaired) electrons. The Kier molecular flexibility index (Phi) is 3.81. The van der Waals surface area contributed by atoms with E-state index >= 15 is 0 Å². The van der Waals surface area contributed by atoms with Crippen molar-refractivity contribution >= 4 is 23.1 Å². The monoisotopic (exact) mass is 326 g/mol. The second-order valence-corrected chi connectivity index (χ2v) is 4.56. The number of nitrogens with zero attached hydrogens (tertiary/aromatic N) is 6. The van der Waals surface area contributed by atoms with Crippen LogP contribution in [-0.2, 0) is 0 Å². The lowest BCUT2D eigenvalue weighted by molar-refractivity contribution is -0.385. The molecule has 120 valence electrons. The summed E-state index contributed by atoms with van der Waals surface area (Å²) in [4.78, 5) is 33.6. The highest BCUT2D eigenvalue weighted by molar-refractivity contribution is 5.98. The van der Waals surface area contributed by atoms with Crippen molar-refractivity contribution in [1.29, 1.82) is 0 Å². The molecule has 3 aromatic rings. The predicted molar refractivity (Wildman–Crippen MR) is 81.8 cm³/mol. The van der Waals surface area contributed by atoms with Crippen LogP contribution in [0, 0.1) is 10.1 Å². The molecule has 0 fully saturated rings. The van der Waals surface area contributed by atoms with E-state index in [1.807, 2.05) is 0 Å². The van der Waals surface area contributed by atoms with Crippen molar-refractivity contribution in [2.45, 2.75) is 0 Å². The number of carbonyl (C=O) groups excluding carboxylic acids is 1. The Labute approximate surface area is 134 Å². The van der Waals surface area contributed by atoms with Gasteiger partial charge < -0.3 is 11.1 Å². The number of nitrogens with one attached hydrogen (secondary N) is 1. The Hall–Kier alpha value is -3.89. The molecule has 0 aliphatic rings. The standard InChI is InChI=1S/C13H10N8O3/c14-11(22)10-4-9(21(23)24)6-17-12(10)19-8-5-18-20(7-8)13-15-2-1-3-16-13/h1-7H,(H2,14,22)(H,17,19). The molecule has 0 aliphatic heterocycles. The van der Waals surface area contributed by atoms with Crippen LogP contribution in [0.2, 0.25) is 0 Å². The smallest absolute Gasteiger partial charge is 0.288 e. The van der Waals surface area contributed by atoms with Gasteiger partial charge in [0.2, 0.25) is 5.95 Å². The first-order valence-corrected chi connectivity index (χ1v) is 6.58. The topological polar surface area (TPSA) is 155 Å². The zero-order chi connectivity index (χ0) is 17.1. The molecule has 11 heteroatoms. The molecule has 1 amide bonds. The van der Waals surface area contributed by atoms with Crippen LogP contribution in [0.5, 0.6) is 0 Å². The molecule has 3 aromatic heterocycles. The van der Waals surface area contributed by atoms with Crippen molar-refractivity contribution in [3.8, 4) is 5.95 Å². The number of aromatic nitrogens is 5. The number of amides is 1. The molecule has 3 rings (SSSR count). The zero-order valence-corrected chi connectivity index (χ0v) is 12.0. The molecular weight excluding hydrogens is 316 g/mol. The summed E-state index contributed by atoms with van der Waals surface area (Å²) in [5.74, 6) is -0.397. The third kappa shape index (κ3) is 2.99. The Morgan fingerprint density at radius 1 is 1.25 bits per heavy atom. The van der Waals surface area contributed by atoms with Gasteiger partial charge in [-0.15, -0.1) is 0 Å². The van der Waals surface area contributed by atoms with Gasteiger partial charge in [0.15, 0.2) is 0 Å². The molecule has 3 heterocycles. The van der Waals surface area contributed by atoms with Gasteiger partial charge in [-0.25, -0.2) is 19.6 Å². The first-order valence-electron chi connectivity index (χ1n) is 6.58. The normalized spacial score (nSPS) is 10.3. The highest BCUT2D eigenvalue weighted by Crippen LogP contribution is 2.22. The van der Waals surface area contributed by atoms with Gasteiger partial charge in [0.05, 0.1) is 28.6 Å². The highest BCUT2D eigenvalue weighted by atomic mass is 16.6. The first-order chi connectivity index (χ1) is 11.5. The molecule has 24 heavy (non-hydrogen) atoms. The fraction of sp³-hybridized carbons (Fsp3) is 0. The minimum atomic E-state index is -0.840. The molecule has 0 aliphatic carbocycles. The maximum Gasteiger partial charge on any atom is 0.288 e. The summed E-state index contributed by atoms with van der Waals surface area (Å²) in [7, 11) is 0. The average Bonchev–Trinajstić information content (AvgIpc) is 3.04. The van der Waals surface area contributed by atoms with Crippen LogP contribution in [0.4, 0.5) is 17.2 Å². The van der Waals surface area contributed by atoms with Crippen LogP contribution < -0.4 is 11.1 Å². The van der Waals surface area contributed by atoms with Gasteiger partial charge in [-0.2, -0.15) is 5.10 Å². The maximum absolute atomic E-state index is 11.5. The Balaban J connectivity index is 1.90. The van der Waals surface area contributed by atoms with Gasteiger partial charge in [0.25, 0.3) is 11.6 Å². The van der Waals surface area contributed by atoms with Crippen molar-refractivity contribution < 1.29 is 9.72 Å². The second-order valence-electron chi connectivity index (χ2n) is 4.56. The summed E-state index contributed by atoms with van der Waals surface area (Å²) in [5, 5.41) is 17.7. The van der Waals surface area contributed by atoms with Crippen LogP contribution in [0.1, 0.15) is 10.4 Å². The van der Waals surface area contributed by atoms with Gasteiger partial charge in [-0.1, -0.05) is 0 Å². The number of hydrogen-bond acceptors (Lipinski definition) is 8. The Morgan fingerprint density at radius 3 is 2.67 bits per heavy atom. The van der Waals surface area contributed by atoms with E-state index in [1.54, 1.807) is 24.7 Å². The summed E-state index contributed by atoms with van der Waals surface area (Å²) in [6, 6.07) is 2.73. The number of hydrogen-bond donors (Lipinski definition) is 2. The minimum Gasteiger partial charge on any atom is -0.365 e. The first kappa shape index (κ1) is 15.0. The fourth-order valence-electron chi connectivity index (χ4n) is 1.88. The zero-order valence-electron chi connectivity index (χ0n) is 12.0. The van der Waals surface area contributed by atoms with E-state index in [0.717, 1.165) is 12.3 Å². The molecule has 0 saturated heterocycles. The average molecular weight is 326 g/mol. The van der Waals surface area contributed by atoms with Crippen molar-refractivity contribution in [3.05, 3.63) is 58.8 Å². The second kappa shape index (κ2) is 6.08. The van der Waals surface area contributed by atoms with E-state index in [4.69, 9.17) is 5.73 Å². The van der Waals surface area contributed by atoms with E-state index in [1.165, 1.54) is 10.9 Å². The molecule has 0 saturated carbocycles. The number of nitrogens with two attached hydrogens (primary N) is 1. The SMILES string of the molecule is NC(=O)c1cc([N+](=O)[O-])cnc1Nc1cnn(-c2ncccn2)c1. The largest absolute Gasteiger partial charge is 0.365 e. The van der Waals surface area contributed by atoms with E-state index in [-0.39, 0.29) is 17.1 Å². The lowest BCUT2D eigenvalue weighted by atomic mass is 10.2. The summed E-state index contributed by atoms with van der Waals surface area (Å²) < 4.78 is 1.41. The van der Waals surface area contributed by atoms with Crippen LogP contribution in [0.3, 0.4) is 0 Å². The molecule has 0 spiro atoms. The van der Waals surface area contributed by atoms with Crippen molar-refractivity contribution in [1.82, 2.24) is 24.7 Å². The van der Waals surface area contributed by atoms with Gasteiger partial charge in [0.1, 0.15) is 12.0 Å². The van der Waals surface area contributed by atoms with Crippen molar-refractivity contribution in [2.24, 2.45) is 5.73 Å². The van der Waals surface area contributed by atoms with Crippen molar-refractivity contribution in [3.63, 3.8) is 0 Å². The number of carbonyl (C=O) groups is 1. The minimum absolute atomic E-state index is 0.0848. The fourth-order valence-corrected chi connectivity index (χ4v) is 1.88. The summed E-state index contributed by atoms with van der Waals surface area (Å²) in [6.07, 6.45) is 7.20. The quantitative estimate of drug-likeness (QED) is 0.515. The molecule has 0 bridgehead atoms. The lowest BCUT2D eigenvalue weighted by Gasteiger charge is -2.06.